The molecule has 0 heterocycles. The molecule has 0 aliphatic heterocycles. The molecular weight excluding hydrogens is 822 g/mol. The molecule has 0 N–H and O–H groups in total. The first-order chi connectivity index (χ1) is 24.3. The molecule has 1 aromatic carbocycles. The van der Waals surface area contributed by atoms with Crippen molar-refractivity contribution in [1.29, 1.82) is 0 Å². The maximum absolute atomic E-state index is 13.1. The van der Waals surface area contributed by atoms with Crippen LogP contribution in [0.25, 0.3) is 0 Å². The fourth-order valence-corrected chi connectivity index (χ4v) is 37.4. The van der Waals surface area contributed by atoms with Crippen molar-refractivity contribution in [2.24, 2.45) is 5.92 Å². The second-order valence-corrected chi connectivity index (χ2v) is 41.5. The van der Waals surface area contributed by atoms with Gasteiger partial charge in [-0.05, 0) is 0 Å². The molecule has 0 aliphatic carbocycles. The number of hydrogen-bond donors (Lipinski definition) is 0. The Bertz CT molecular complexity index is 870. The quantitative estimate of drug-likeness (QED) is 0.0501. The van der Waals surface area contributed by atoms with Crippen LogP contribution in [-0.2, 0) is 14.3 Å². The third-order valence-electron chi connectivity index (χ3n) is 11.8. The SMILES string of the molecule is CCC[CH2][Sn]([CH2]CCC)([CH2]CCC)[O]C(=O)CC(C)CCCCCCCCCCCCc1cc[c]([Sn]([CH2]CCC)([CH2]CCC)[CH2]CCC)cc1. The van der Waals surface area contributed by atoms with Crippen molar-refractivity contribution in [3.63, 3.8) is 0 Å². The van der Waals surface area contributed by atoms with Crippen LogP contribution in [0, 0.1) is 5.92 Å². The predicted molar refractivity (Wildman–Crippen MR) is 230 cm³/mol. The molecule has 1 aromatic rings. The average molecular weight is 911 g/mol. The van der Waals surface area contributed by atoms with Gasteiger partial charge in [-0.25, -0.2) is 0 Å². The molecule has 0 aliphatic rings. The third-order valence-corrected chi connectivity index (χ3v) is 40.2. The summed E-state index contributed by atoms with van der Waals surface area (Å²) in [4.78, 5) is 13.1. The van der Waals surface area contributed by atoms with E-state index in [1.54, 1.807) is 18.9 Å². The predicted octanol–water partition coefficient (Wildman–Crippen LogP) is 15.5. The van der Waals surface area contributed by atoms with E-state index in [1.165, 1.54) is 167 Å². The number of carbonyl (C=O) groups excluding carboxylic acids is 1. The Morgan fingerprint density at radius 3 is 1.32 bits per heavy atom. The average Bonchev–Trinajstić information content (AvgIpc) is 3.12. The Morgan fingerprint density at radius 1 is 0.520 bits per heavy atom. The molecule has 0 saturated carbocycles. The second-order valence-electron chi connectivity index (χ2n) is 16.6. The van der Waals surface area contributed by atoms with Gasteiger partial charge in [-0.1, -0.05) is 0 Å². The van der Waals surface area contributed by atoms with Gasteiger partial charge in [0.2, 0.25) is 0 Å². The van der Waals surface area contributed by atoms with Crippen LogP contribution in [0.4, 0.5) is 0 Å². The van der Waals surface area contributed by atoms with Gasteiger partial charge >= 0.3 is 326 Å². The van der Waals surface area contributed by atoms with Crippen LogP contribution in [0.2, 0.25) is 26.6 Å². The van der Waals surface area contributed by atoms with E-state index in [0.29, 0.717) is 12.3 Å². The second kappa shape index (κ2) is 31.6. The summed E-state index contributed by atoms with van der Waals surface area (Å²) in [5.41, 5.74) is 1.57. The summed E-state index contributed by atoms with van der Waals surface area (Å²) in [5.74, 6) is 0.618. The zero-order chi connectivity index (χ0) is 36.8. The summed E-state index contributed by atoms with van der Waals surface area (Å²) < 4.78 is 16.9. The normalized spacial score (nSPS) is 12.8. The van der Waals surface area contributed by atoms with E-state index >= 15 is 0 Å². The fourth-order valence-electron chi connectivity index (χ4n) is 8.31. The van der Waals surface area contributed by atoms with E-state index in [9.17, 15) is 4.79 Å². The summed E-state index contributed by atoms with van der Waals surface area (Å²) in [6.45, 7) is 16.3. The third kappa shape index (κ3) is 21.9. The number of carbonyl (C=O) groups is 1. The van der Waals surface area contributed by atoms with Crippen molar-refractivity contribution in [2.75, 3.05) is 0 Å². The summed E-state index contributed by atoms with van der Waals surface area (Å²) >= 11 is -5.10. The van der Waals surface area contributed by atoms with Crippen LogP contribution in [0.5, 0.6) is 0 Å². The van der Waals surface area contributed by atoms with Crippen molar-refractivity contribution in [1.82, 2.24) is 0 Å². The number of hydrogen-bond acceptors (Lipinski definition) is 2. The van der Waals surface area contributed by atoms with E-state index in [4.69, 9.17) is 3.07 Å². The first kappa shape index (κ1) is 48.3. The molecule has 1 unspecified atom stereocenters. The fraction of sp³-hybridized carbons (Fsp3) is 0.848. The molecule has 0 spiro atoms. The number of rotatable bonds is 35. The topological polar surface area (TPSA) is 26.3 Å². The zero-order valence-corrected chi connectivity index (χ0v) is 40.8. The molecule has 0 bridgehead atoms. The standard InChI is InChI=1S/C22H35O2.6C4H9.2Sn/c1-20(19-22(23)24)15-11-8-6-4-2-3-5-7-9-12-16-21-17-13-10-14-18-21;6*1-3-4-2;;/h13-14,17-18,20H,2-9,11-12,15-16,19H2,1H3,(H,23,24);6*1,3-4H2,2H3;;/q;;;;;;;;+1/p-1. The van der Waals surface area contributed by atoms with Gasteiger partial charge in [0.1, 0.15) is 0 Å². The maximum atomic E-state index is 13.1. The molecule has 1 atom stereocenters. The van der Waals surface area contributed by atoms with Crippen LogP contribution in [-0.4, -0.2) is 43.1 Å². The van der Waals surface area contributed by atoms with Gasteiger partial charge < -0.3 is 0 Å². The van der Waals surface area contributed by atoms with Gasteiger partial charge in [0.15, 0.2) is 0 Å². The van der Waals surface area contributed by atoms with Gasteiger partial charge in [-0.3, -0.25) is 0 Å². The van der Waals surface area contributed by atoms with E-state index < -0.39 is 37.2 Å². The first-order valence-corrected chi connectivity index (χ1v) is 37.3. The molecule has 0 amide bonds. The van der Waals surface area contributed by atoms with Gasteiger partial charge in [-0.2, -0.15) is 0 Å². The Morgan fingerprint density at radius 2 is 0.900 bits per heavy atom. The van der Waals surface area contributed by atoms with E-state index in [0.717, 1.165) is 0 Å². The van der Waals surface area contributed by atoms with E-state index in [1.807, 2.05) is 3.58 Å². The van der Waals surface area contributed by atoms with E-state index in [2.05, 4.69) is 72.7 Å². The molecule has 4 heteroatoms. The van der Waals surface area contributed by atoms with Crippen molar-refractivity contribution in [3.8, 4) is 0 Å². The molecule has 50 heavy (non-hydrogen) atoms. The zero-order valence-electron chi connectivity index (χ0n) is 35.1. The molecule has 292 valence electrons. The van der Waals surface area contributed by atoms with Crippen LogP contribution in [0.15, 0.2) is 24.3 Å². The van der Waals surface area contributed by atoms with Crippen molar-refractivity contribution >= 4 is 46.7 Å². The van der Waals surface area contributed by atoms with Crippen molar-refractivity contribution in [3.05, 3.63) is 29.8 Å². The van der Waals surface area contributed by atoms with Crippen molar-refractivity contribution in [2.45, 2.75) is 236 Å². The number of unbranched alkanes of at least 4 members (excludes halogenated alkanes) is 15. The summed E-state index contributed by atoms with van der Waals surface area (Å²) in [6, 6.07) is 10.2. The van der Waals surface area contributed by atoms with Gasteiger partial charge in [0, 0.05) is 0 Å². The molecular formula is C46H88O2Sn2. The molecule has 0 aromatic heterocycles. The van der Waals surface area contributed by atoms with Crippen molar-refractivity contribution < 1.29 is 7.87 Å². The Labute approximate surface area is 323 Å². The monoisotopic (exact) mass is 912 g/mol. The Hall–Kier alpha value is 0.287. The van der Waals surface area contributed by atoms with Gasteiger partial charge in [-0.15, -0.1) is 0 Å². The summed E-state index contributed by atoms with van der Waals surface area (Å²) in [6.07, 6.45) is 32.6. The number of benzene rings is 1. The molecule has 0 saturated heterocycles. The molecule has 2 nitrogen and oxygen atoms in total. The van der Waals surface area contributed by atoms with E-state index in [-0.39, 0.29) is 5.97 Å². The number of aryl methyl sites for hydroxylation is 1. The van der Waals surface area contributed by atoms with Crippen LogP contribution < -0.4 is 3.58 Å². The van der Waals surface area contributed by atoms with Gasteiger partial charge in [0.05, 0.1) is 0 Å². The molecule has 1 rings (SSSR count). The molecule has 0 radical (unpaired) electrons. The van der Waals surface area contributed by atoms with Crippen LogP contribution in [0.3, 0.4) is 0 Å². The summed E-state index contributed by atoms with van der Waals surface area (Å²) in [7, 11) is 0. The molecule has 0 fully saturated rings. The summed E-state index contributed by atoms with van der Waals surface area (Å²) in [5, 5.41) is 0. The Kier molecular flexibility index (Phi) is 30.5. The minimum absolute atomic E-state index is 0.154. The minimum atomic E-state index is -2.82. The van der Waals surface area contributed by atoms with Crippen LogP contribution in [0.1, 0.15) is 208 Å². The van der Waals surface area contributed by atoms with Gasteiger partial charge in [0.25, 0.3) is 0 Å². The Balaban J connectivity index is 2.26. The first-order valence-electron chi connectivity index (χ1n) is 22.6. The van der Waals surface area contributed by atoms with Crippen LogP contribution >= 0.6 is 0 Å².